The summed E-state index contributed by atoms with van der Waals surface area (Å²) >= 11 is 5.69. The summed E-state index contributed by atoms with van der Waals surface area (Å²) < 4.78 is 0. The molecule has 0 fully saturated rings. The van der Waals surface area contributed by atoms with Gasteiger partial charge in [-0.25, -0.2) is 4.98 Å². The molecule has 0 bridgehead atoms. The minimum absolute atomic E-state index is 0.199. The van der Waals surface area contributed by atoms with Gasteiger partial charge in [0.05, 0.1) is 5.02 Å². The molecule has 0 saturated heterocycles. The molecule has 1 aromatic heterocycles. The molecule has 0 unspecified atom stereocenters. The zero-order chi connectivity index (χ0) is 13.0. The summed E-state index contributed by atoms with van der Waals surface area (Å²) in [6, 6.07) is 9.80. The van der Waals surface area contributed by atoms with Gasteiger partial charge < -0.3 is 10.4 Å². The van der Waals surface area contributed by atoms with Crippen LogP contribution in [0.1, 0.15) is 16.1 Å². The third-order valence-corrected chi connectivity index (χ3v) is 2.57. The lowest BCUT2D eigenvalue weighted by Crippen LogP contribution is -2.23. The number of aromatic hydroxyl groups is 1. The maximum atomic E-state index is 11.7. The van der Waals surface area contributed by atoms with Gasteiger partial charge in [-0.05, 0) is 29.8 Å². The molecular weight excluding hydrogens is 252 g/mol. The van der Waals surface area contributed by atoms with Crippen LogP contribution in [0.3, 0.4) is 0 Å². The van der Waals surface area contributed by atoms with Crippen molar-refractivity contribution in [2.24, 2.45) is 0 Å². The average molecular weight is 263 g/mol. The Hall–Kier alpha value is -2.07. The van der Waals surface area contributed by atoms with Crippen LogP contribution in [0.5, 0.6) is 5.75 Å². The van der Waals surface area contributed by atoms with Gasteiger partial charge in [0.2, 0.25) is 0 Å². The summed E-state index contributed by atoms with van der Waals surface area (Å²) in [6.07, 6.45) is 1.43. The van der Waals surface area contributed by atoms with Crippen molar-refractivity contribution in [2.75, 3.05) is 0 Å². The number of rotatable bonds is 3. The molecule has 0 saturated carbocycles. The minimum atomic E-state index is -0.264. The smallest absolute Gasteiger partial charge is 0.270 e. The van der Waals surface area contributed by atoms with Gasteiger partial charge in [0.1, 0.15) is 11.4 Å². The lowest BCUT2D eigenvalue weighted by molar-refractivity contribution is 0.0946. The van der Waals surface area contributed by atoms with Gasteiger partial charge in [-0.3, -0.25) is 4.79 Å². The number of nitrogens with one attached hydrogen (secondary N) is 1. The number of pyridine rings is 1. The van der Waals surface area contributed by atoms with Gasteiger partial charge in [-0.1, -0.05) is 23.7 Å². The van der Waals surface area contributed by atoms with Crippen molar-refractivity contribution in [3.8, 4) is 5.75 Å². The number of aromatic nitrogens is 1. The molecule has 92 valence electrons. The number of phenols is 1. The number of hydrogen-bond acceptors (Lipinski definition) is 3. The number of hydrogen-bond donors (Lipinski definition) is 2. The molecule has 18 heavy (non-hydrogen) atoms. The second-order valence-corrected chi connectivity index (χ2v) is 4.15. The van der Waals surface area contributed by atoms with Crippen LogP contribution >= 0.6 is 11.6 Å². The third kappa shape index (κ3) is 3.21. The van der Waals surface area contributed by atoms with Crippen LogP contribution in [0, 0.1) is 0 Å². The summed E-state index contributed by atoms with van der Waals surface area (Å²) in [7, 11) is 0. The molecular formula is C13H11ClN2O2. The molecule has 0 radical (unpaired) electrons. The first kappa shape index (κ1) is 12.4. The summed E-state index contributed by atoms with van der Waals surface area (Å²) in [5, 5.41) is 12.3. The number of carbonyl (C=O) groups excluding carboxylic acids is 1. The fourth-order valence-corrected chi connectivity index (χ4v) is 1.51. The second-order valence-electron chi connectivity index (χ2n) is 3.71. The van der Waals surface area contributed by atoms with Gasteiger partial charge in [0.15, 0.2) is 0 Å². The number of amides is 1. The molecule has 0 spiro atoms. The molecule has 1 amide bonds. The predicted molar refractivity (Wildman–Crippen MR) is 68.5 cm³/mol. The summed E-state index contributed by atoms with van der Waals surface area (Å²) in [5.41, 5.74) is 1.22. The summed E-state index contributed by atoms with van der Waals surface area (Å²) in [5.74, 6) is -0.0656. The highest BCUT2D eigenvalue weighted by atomic mass is 35.5. The lowest BCUT2D eigenvalue weighted by atomic mass is 10.2. The molecule has 2 N–H and O–H groups in total. The highest BCUT2D eigenvalue weighted by molar-refractivity contribution is 6.30. The Labute approximate surface area is 109 Å². The molecule has 0 aliphatic heterocycles. The summed E-state index contributed by atoms with van der Waals surface area (Å²) in [6.45, 7) is 0.378. The van der Waals surface area contributed by atoms with E-state index in [1.165, 1.54) is 6.20 Å². The van der Waals surface area contributed by atoms with E-state index in [9.17, 15) is 4.79 Å². The number of benzene rings is 1. The van der Waals surface area contributed by atoms with E-state index in [0.717, 1.165) is 5.56 Å². The Morgan fingerprint density at radius 1 is 1.22 bits per heavy atom. The Balaban J connectivity index is 1.96. The Kier molecular flexibility index (Phi) is 3.79. The van der Waals surface area contributed by atoms with Crippen LogP contribution in [0.4, 0.5) is 0 Å². The fourth-order valence-electron chi connectivity index (χ4n) is 1.40. The molecule has 0 aliphatic rings. The highest BCUT2D eigenvalue weighted by Crippen LogP contribution is 2.10. The number of carbonyl (C=O) groups is 1. The van der Waals surface area contributed by atoms with E-state index in [2.05, 4.69) is 10.3 Å². The van der Waals surface area contributed by atoms with Crippen LogP contribution in [0.2, 0.25) is 5.02 Å². The van der Waals surface area contributed by atoms with E-state index < -0.39 is 0 Å². The van der Waals surface area contributed by atoms with Crippen molar-refractivity contribution in [3.05, 3.63) is 58.9 Å². The minimum Gasteiger partial charge on any atom is -0.508 e. The normalized spacial score (nSPS) is 10.1. The molecule has 2 rings (SSSR count). The average Bonchev–Trinajstić information content (AvgIpc) is 2.38. The number of nitrogens with zero attached hydrogens (tertiary/aromatic N) is 1. The maximum absolute atomic E-state index is 11.7. The monoisotopic (exact) mass is 262 g/mol. The van der Waals surface area contributed by atoms with E-state index in [0.29, 0.717) is 17.3 Å². The second kappa shape index (κ2) is 5.51. The van der Waals surface area contributed by atoms with Gasteiger partial charge in [0, 0.05) is 12.7 Å². The van der Waals surface area contributed by atoms with E-state index in [1.54, 1.807) is 36.4 Å². The van der Waals surface area contributed by atoms with Crippen LogP contribution in [0.15, 0.2) is 42.6 Å². The van der Waals surface area contributed by atoms with Crippen molar-refractivity contribution in [3.63, 3.8) is 0 Å². The van der Waals surface area contributed by atoms with Crippen LogP contribution in [0.25, 0.3) is 0 Å². The lowest BCUT2D eigenvalue weighted by Gasteiger charge is -2.05. The van der Waals surface area contributed by atoms with Crippen molar-refractivity contribution in [1.82, 2.24) is 10.3 Å². The van der Waals surface area contributed by atoms with E-state index in [1.807, 2.05) is 0 Å². The molecule has 2 aromatic rings. The largest absolute Gasteiger partial charge is 0.508 e. The van der Waals surface area contributed by atoms with Crippen molar-refractivity contribution in [2.45, 2.75) is 6.54 Å². The highest BCUT2D eigenvalue weighted by Gasteiger charge is 2.06. The van der Waals surface area contributed by atoms with Crippen molar-refractivity contribution < 1.29 is 9.90 Å². The van der Waals surface area contributed by atoms with E-state index >= 15 is 0 Å². The van der Waals surface area contributed by atoms with Gasteiger partial charge in [-0.15, -0.1) is 0 Å². The third-order valence-electron chi connectivity index (χ3n) is 2.35. The van der Waals surface area contributed by atoms with Gasteiger partial charge in [-0.2, -0.15) is 0 Å². The standard InChI is InChI=1S/C13H11ClN2O2/c14-10-3-6-12(15-8-10)13(18)16-7-9-1-4-11(17)5-2-9/h1-6,8,17H,7H2,(H,16,18). The van der Waals surface area contributed by atoms with Crippen LogP contribution in [-0.4, -0.2) is 16.0 Å². The first-order valence-corrected chi connectivity index (χ1v) is 5.70. The Morgan fingerprint density at radius 2 is 1.94 bits per heavy atom. The quantitative estimate of drug-likeness (QED) is 0.893. The number of phenolic OH excluding ortho intramolecular Hbond substituents is 1. The Bertz CT molecular complexity index is 538. The SMILES string of the molecule is O=C(NCc1ccc(O)cc1)c1ccc(Cl)cn1. The zero-order valence-corrected chi connectivity index (χ0v) is 10.2. The van der Waals surface area contributed by atoms with E-state index in [4.69, 9.17) is 16.7 Å². The first-order chi connectivity index (χ1) is 8.65. The first-order valence-electron chi connectivity index (χ1n) is 5.33. The maximum Gasteiger partial charge on any atom is 0.270 e. The Morgan fingerprint density at radius 3 is 2.56 bits per heavy atom. The van der Waals surface area contributed by atoms with Gasteiger partial charge >= 0.3 is 0 Å². The predicted octanol–water partition coefficient (Wildman–Crippen LogP) is 2.37. The van der Waals surface area contributed by atoms with Crippen LogP contribution < -0.4 is 5.32 Å². The van der Waals surface area contributed by atoms with Crippen molar-refractivity contribution in [1.29, 1.82) is 0 Å². The van der Waals surface area contributed by atoms with Crippen molar-refractivity contribution >= 4 is 17.5 Å². The molecule has 0 atom stereocenters. The molecule has 0 aliphatic carbocycles. The van der Waals surface area contributed by atoms with Crippen LogP contribution in [-0.2, 0) is 6.54 Å². The molecule has 5 heteroatoms. The topological polar surface area (TPSA) is 62.2 Å². The van der Waals surface area contributed by atoms with Gasteiger partial charge in [0.25, 0.3) is 5.91 Å². The molecule has 1 heterocycles. The zero-order valence-electron chi connectivity index (χ0n) is 9.43. The molecule has 1 aromatic carbocycles. The van der Waals surface area contributed by atoms with E-state index in [-0.39, 0.29) is 11.7 Å². The fraction of sp³-hybridized carbons (Fsp3) is 0.0769. The number of halogens is 1. The molecule has 4 nitrogen and oxygen atoms in total. The summed E-state index contributed by atoms with van der Waals surface area (Å²) in [4.78, 5) is 15.7.